The first kappa shape index (κ1) is 34.0. The summed E-state index contributed by atoms with van der Waals surface area (Å²) in [6, 6.07) is 31.3. The number of imide groups is 1. The number of methoxy groups -OCH3 is 1. The van der Waals surface area contributed by atoms with E-state index in [9.17, 15) is 14.7 Å². The van der Waals surface area contributed by atoms with E-state index < -0.39 is 35.0 Å². The third-order valence-corrected chi connectivity index (χ3v) is 12.4. The molecular weight excluding hydrogens is 681 g/mol. The Labute approximate surface area is 313 Å². The first-order valence-electron chi connectivity index (χ1n) is 18.6. The van der Waals surface area contributed by atoms with Crippen LogP contribution in [-0.4, -0.2) is 61.9 Å². The number of phenolic OH excluding ortho intramolecular Hbond substituents is 1. The standard InChI is InChI=1S/C45H40N2O7/c1-53-38-19-12-28(24-37(38)48)41-32-17-18-33-40(44(52)47(43(33)51)31-15-13-30(14-16-31)46-20-22-54-23-21-46)35(32)25-36-42(50)34(27-8-4-2-5-9-27)26-39(49)45(36,41)29-10-6-3-7-11-29/h2-17,19,24,26,33,35-36,40-41,48H,18,20-23,25H2,1H3/t33-,35+,36-,40-,41-,45-/m0/s1. The summed E-state index contributed by atoms with van der Waals surface area (Å²) in [5, 5.41) is 11.1. The number of rotatable bonds is 6. The molecule has 2 aliphatic heterocycles. The van der Waals surface area contributed by atoms with Gasteiger partial charge in [-0.15, -0.1) is 0 Å². The lowest BCUT2D eigenvalue weighted by atomic mass is 9.44. The summed E-state index contributed by atoms with van der Waals surface area (Å²) in [6.07, 6.45) is 4.04. The van der Waals surface area contributed by atoms with Gasteiger partial charge in [0.25, 0.3) is 0 Å². The summed E-state index contributed by atoms with van der Waals surface area (Å²) in [5.41, 5.74) is 3.28. The van der Waals surface area contributed by atoms with Crippen molar-refractivity contribution in [1.82, 2.24) is 0 Å². The van der Waals surface area contributed by atoms with Crippen LogP contribution in [0.1, 0.15) is 35.4 Å². The van der Waals surface area contributed by atoms with Gasteiger partial charge in [-0.05, 0) is 77.9 Å². The third kappa shape index (κ3) is 5.09. The van der Waals surface area contributed by atoms with Gasteiger partial charge in [-0.3, -0.25) is 24.1 Å². The van der Waals surface area contributed by atoms with Gasteiger partial charge in [-0.2, -0.15) is 0 Å². The minimum atomic E-state index is -1.38. The molecule has 272 valence electrons. The lowest BCUT2D eigenvalue weighted by Crippen LogP contribution is -2.58. The number of benzene rings is 4. The number of nitrogens with zero attached hydrogens (tertiary/aromatic N) is 2. The number of hydrogen-bond donors (Lipinski definition) is 1. The fraction of sp³-hybridized carbons (Fsp3) is 0.289. The number of aromatic hydroxyl groups is 1. The molecule has 5 aliphatic rings. The fourth-order valence-electron chi connectivity index (χ4n) is 10.0. The monoisotopic (exact) mass is 720 g/mol. The summed E-state index contributed by atoms with van der Waals surface area (Å²) in [5.74, 6) is -4.21. The van der Waals surface area contributed by atoms with Gasteiger partial charge in [0.2, 0.25) is 11.8 Å². The zero-order valence-corrected chi connectivity index (χ0v) is 29.9. The van der Waals surface area contributed by atoms with Crippen molar-refractivity contribution in [2.75, 3.05) is 43.2 Å². The van der Waals surface area contributed by atoms with E-state index in [4.69, 9.17) is 9.47 Å². The van der Waals surface area contributed by atoms with Crippen LogP contribution < -0.4 is 14.5 Å². The molecule has 3 fully saturated rings. The SMILES string of the molecule is COc1ccc([C@H]2C3=CC[C@@H]4C(=O)N(c5ccc(N6CCOCC6)cc5)C(=O)[C@@H]4[C@@H]3C[C@H]3C(=O)C(c4ccccc4)=CC(=O)[C@@]23c2ccccc2)cc1O. The van der Waals surface area contributed by atoms with Gasteiger partial charge in [0.1, 0.15) is 0 Å². The Morgan fingerprint density at radius 1 is 0.796 bits per heavy atom. The molecule has 1 N–H and O–H groups in total. The largest absolute Gasteiger partial charge is 0.504 e. The first-order chi connectivity index (χ1) is 26.3. The second kappa shape index (κ2) is 13.2. The molecule has 4 aromatic carbocycles. The highest BCUT2D eigenvalue weighted by atomic mass is 16.5. The van der Waals surface area contributed by atoms with E-state index in [1.807, 2.05) is 97.1 Å². The van der Waals surface area contributed by atoms with Gasteiger partial charge < -0.3 is 19.5 Å². The Morgan fingerprint density at radius 3 is 2.17 bits per heavy atom. The van der Waals surface area contributed by atoms with Crippen molar-refractivity contribution in [2.24, 2.45) is 23.7 Å². The molecule has 0 radical (unpaired) electrons. The number of ether oxygens (including phenoxy) is 2. The quantitative estimate of drug-likeness (QED) is 0.183. The molecule has 9 rings (SSSR count). The maximum Gasteiger partial charge on any atom is 0.238 e. The van der Waals surface area contributed by atoms with Gasteiger partial charge in [-0.25, -0.2) is 0 Å². The highest BCUT2D eigenvalue weighted by Gasteiger charge is 2.66. The topological polar surface area (TPSA) is 113 Å². The predicted octanol–water partition coefficient (Wildman–Crippen LogP) is 6.27. The van der Waals surface area contributed by atoms with Crippen LogP contribution in [-0.2, 0) is 29.3 Å². The van der Waals surface area contributed by atoms with Gasteiger partial charge >= 0.3 is 0 Å². The first-order valence-corrected chi connectivity index (χ1v) is 18.6. The van der Waals surface area contributed by atoms with Crippen molar-refractivity contribution in [3.8, 4) is 11.5 Å². The number of amides is 2. The zero-order chi connectivity index (χ0) is 37.1. The molecule has 1 saturated carbocycles. The normalized spacial score (nSPS) is 27.8. The lowest BCUT2D eigenvalue weighted by Gasteiger charge is -2.55. The van der Waals surface area contributed by atoms with Crippen LogP contribution in [0.2, 0.25) is 0 Å². The van der Waals surface area contributed by atoms with Crippen LogP contribution in [0.15, 0.2) is 121 Å². The molecule has 54 heavy (non-hydrogen) atoms. The summed E-state index contributed by atoms with van der Waals surface area (Å²) < 4.78 is 10.9. The van der Waals surface area contributed by atoms with E-state index >= 15 is 9.59 Å². The second-order valence-corrected chi connectivity index (χ2v) is 14.8. The van der Waals surface area contributed by atoms with Crippen LogP contribution in [0, 0.1) is 23.7 Å². The van der Waals surface area contributed by atoms with E-state index in [1.165, 1.54) is 18.1 Å². The van der Waals surface area contributed by atoms with Gasteiger partial charge in [0.05, 0.1) is 43.3 Å². The molecule has 0 unspecified atom stereocenters. The number of allylic oxidation sites excluding steroid dienone is 4. The molecule has 0 spiro atoms. The molecular formula is C45H40N2O7. The second-order valence-electron chi connectivity index (χ2n) is 14.8. The minimum Gasteiger partial charge on any atom is -0.504 e. The van der Waals surface area contributed by atoms with E-state index in [0.29, 0.717) is 47.6 Å². The average molecular weight is 721 g/mol. The van der Waals surface area contributed by atoms with Crippen LogP contribution in [0.3, 0.4) is 0 Å². The highest BCUT2D eigenvalue weighted by Crippen LogP contribution is 2.64. The zero-order valence-electron chi connectivity index (χ0n) is 29.9. The number of ketones is 2. The Hall–Kier alpha value is -5.80. The Morgan fingerprint density at radius 2 is 1.48 bits per heavy atom. The highest BCUT2D eigenvalue weighted by molar-refractivity contribution is 6.32. The van der Waals surface area contributed by atoms with Crippen molar-refractivity contribution in [1.29, 1.82) is 0 Å². The Kier molecular flexibility index (Phi) is 8.34. The molecule has 9 nitrogen and oxygen atoms in total. The number of hydrogen-bond acceptors (Lipinski definition) is 8. The molecule has 2 heterocycles. The number of carbonyl (C=O) groups excluding carboxylic acids is 4. The van der Waals surface area contributed by atoms with E-state index in [-0.39, 0.29) is 41.3 Å². The maximum atomic E-state index is 15.2. The van der Waals surface area contributed by atoms with Crippen molar-refractivity contribution in [3.05, 3.63) is 138 Å². The van der Waals surface area contributed by atoms with E-state index in [1.54, 1.807) is 12.1 Å². The number of fused-ring (bicyclic) bond motifs is 4. The number of anilines is 2. The summed E-state index contributed by atoms with van der Waals surface area (Å²) in [4.78, 5) is 62.9. The molecule has 6 atom stereocenters. The Balaban J connectivity index is 1.19. The summed E-state index contributed by atoms with van der Waals surface area (Å²) >= 11 is 0. The van der Waals surface area contributed by atoms with Crippen molar-refractivity contribution in [2.45, 2.75) is 24.2 Å². The van der Waals surface area contributed by atoms with Crippen LogP contribution in [0.4, 0.5) is 11.4 Å². The van der Waals surface area contributed by atoms with Gasteiger partial charge in [-0.1, -0.05) is 78.4 Å². The third-order valence-electron chi connectivity index (χ3n) is 12.4. The number of morpholine rings is 1. The van der Waals surface area contributed by atoms with Crippen LogP contribution in [0.5, 0.6) is 11.5 Å². The van der Waals surface area contributed by atoms with E-state index in [2.05, 4.69) is 4.90 Å². The van der Waals surface area contributed by atoms with E-state index in [0.717, 1.165) is 24.4 Å². The van der Waals surface area contributed by atoms with Crippen molar-refractivity contribution < 1.29 is 33.8 Å². The number of phenols is 1. The summed E-state index contributed by atoms with van der Waals surface area (Å²) in [7, 11) is 1.47. The number of Topliss-reactive ketones (excluding diaryl/α,β-unsaturated/α-hetero) is 1. The van der Waals surface area contributed by atoms with Crippen molar-refractivity contribution >= 4 is 40.3 Å². The smallest absolute Gasteiger partial charge is 0.238 e. The van der Waals surface area contributed by atoms with Crippen LogP contribution >= 0.6 is 0 Å². The fourth-order valence-corrected chi connectivity index (χ4v) is 10.0. The molecule has 0 aromatic heterocycles. The average Bonchev–Trinajstić information content (AvgIpc) is 3.48. The molecule has 0 bridgehead atoms. The molecule has 4 aromatic rings. The lowest BCUT2D eigenvalue weighted by molar-refractivity contribution is -0.135. The molecule has 3 aliphatic carbocycles. The molecule has 9 heteroatoms. The van der Waals surface area contributed by atoms with Crippen molar-refractivity contribution in [3.63, 3.8) is 0 Å². The Bertz CT molecular complexity index is 2230. The molecule has 2 saturated heterocycles. The minimum absolute atomic E-state index is 0.0971. The number of carbonyl (C=O) groups is 4. The molecule has 2 amide bonds. The predicted molar refractivity (Wildman–Crippen MR) is 203 cm³/mol. The van der Waals surface area contributed by atoms with Crippen LogP contribution in [0.25, 0.3) is 5.57 Å². The van der Waals surface area contributed by atoms with Gasteiger partial charge in [0, 0.05) is 36.2 Å². The summed E-state index contributed by atoms with van der Waals surface area (Å²) in [6.45, 7) is 2.82. The maximum absolute atomic E-state index is 15.2. The van der Waals surface area contributed by atoms with Gasteiger partial charge in [0.15, 0.2) is 23.1 Å².